The van der Waals surface area contributed by atoms with Gasteiger partial charge in [0, 0.05) is 12.7 Å². The Morgan fingerprint density at radius 3 is 2.55 bits per heavy atom. The first-order valence-corrected chi connectivity index (χ1v) is 10.6. The highest BCUT2D eigenvalue weighted by Gasteiger charge is 2.18. The average Bonchev–Trinajstić information content (AvgIpc) is 2.69. The molecular weight excluding hydrogens is 384 g/mol. The van der Waals surface area contributed by atoms with Gasteiger partial charge in [-0.15, -0.1) is 0 Å². The summed E-state index contributed by atoms with van der Waals surface area (Å²) in [5.74, 6) is 0.248. The van der Waals surface area contributed by atoms with Gasteiger partial charge in [0.05, 0.1) is 29.3 Å². The van der Waals surface area contributed by atoms with E-state index in [0.717, 1.165) is 16.7 Å². The van der Waals surface area contributed by atoms with Gasteiger partial charge in [-0.05, 0) is 62.6 Å². The van der Waals surface area contributed by atoms with Crippen LogP contribution in [0.4, 0.5) is 0 Å². The maximum atomic E-state index is 13.1. The molecule has 0 unspecified atom stereocenters. The number of carbonyl (C=O) groups is 1. The molecule has 1 heterocycles. The molecule has 0 spiro atoms. The van der Waals surface area contributed by atoms with Crippen LogP contribution < -0.4 is 5.56 Å². The van der Waals surface area contributed by atoms with E-state index in [0.29, 0.717) is 22.7 Å². The number of nitrogens with zero attached hydrogens (tertiary/aromatic N) is 2. The van der Waals surface area contributed by atoms with Crippen LogP contribution in [-0.2, 0) is 4.74 Å². The lowest BCUT2D eigenvalue weighted by Gasteiger charge is -2.19. The van der Waals surface area contributed by atoms with E-state index in [2.05, 4.69) is 4.98 Å². The van der Waals surface area contributed by atoms with E-state index in [4.69, 9.17) is 4.74 Å². The van der Waals surface area contributed by atoms with E-state index < -0.39 is 0 Å². The van der Waals surface area contributed by atoms with Crippen LogP contribution in [0.15, 0.2) is 46.3 Å². The van der Waals surface area contributed by atoms with E-state index in [1.165, 1.54) is 17.3 Å². The second kappa shape index (κ2) is 8.93. The van der Waals surface area contributed by atoms with Crippen molar-refractivity contribution in [3.05, 3.63) is 69.0 Å². The van der Waals surface area contributed by atoms with Crippen LogP contribution in [0.5, 0.6) is 0 Å². The van der Waals surface area contributed by atoms with Crippen molar-refractivity contribution in [3.8, 4) is 0 Å². The molecular formula is C23H26N2O3S. The molecule has 0 saturated heterocycles. The number of thioether (sulfide) groups is 1. The molecule has 5 nitrogen and oxygen atoms in total. The number of hydrogen-bond donors (Lipinski definition) is 0. The van der Waals surface area contributed by atoms with Gasteiger partial charge in [-0.25, -0.2) is 4.98 Å². The summed E-state index contributed by atoms with van der Waals surface area (Å²) >= 11 is 1.30. The predicted octanol–water partition coefficient (Wildman–Crippen LogP) is 4.50. The van der Waals surface area contributed by atoms with Gasteiger partial charge >= 0.3 is 0 Å². The zero-order valence-corrected chi connectivity index (χ0v) is 18.3. The lowest BCUT2D eigenvalue weighted by atomic mass is 9.99. The van der Waals surface area contributed by atoms with Gasteiger partial charge < -0.3 is 4.74 Å². The lowest BCUT2D eigenvalue weighted by Crippen LogP contribution is -2.28. The standard InChI is InChI=1S/C23H26N2O3S/c1-14-10-16(3)19(11-15(14)2)21(26)13-29-23-24-20-9-7-6-8-18(20)22(27)25(23)17(4)12-28-5/h6-11,17H,12-13H2,1-5H3/t17-/m0/s1. The van der Waals surface area contributed by atoms with E-state index in [1.54, 1.807) is 17.7 Å². The average molecular weight is 411 g/mol. The summed E-state index contributed by atoms with van der Waals surface area (Å²) in [4.78, 5) is 30.7. The summed E-state index contributed by atoms with van der Waals surface area (Å²) in [6.07, 6.45) is 0. The zero-order valence-electron chi connectivity index (χ0n) is 17.5. The first-order chi connectivity index (χ1) is 13.8. The van der Waals surface area contributed by atoms with Crippen LogP contribution >= 0.6 is 11.8 Å². The van der Waals surface area contributed by atoms with Gasteiger partial charge in [0.2, 0.25) is 0 Å². The topological polar surface area (TPSA) is 61.2 Å². The monoisotopic (exact) mass is 410 g/mol. The molecule has 0 aliphatic carbocycles. The summed E-state index contributed by atoms with van der Waals surface area (Å²) in [6.45, 7) is 8.31. The van der Waals surface area contributed by atoms with Crippen molar-refractivity contribution in [3.63, 3.8) is 0 Å². The number of Topliss-reactive ketones (excluding diaryl/α,β-unsaturated/α-hetero) is 1. The van der Waals surface area contributed by atoms with Crippen molar-refractivity contribution in [1.82, 2.24) is 9.55 Å². The maximum Gasteiger partial charge on any atom is 0.262 e. The number of aromatic nitrogens is 2. The molecule has 6 heteroatoms. The minimum atomic E-state index is -0.189. The van der Waals surface area contributed by atoms with E-state index in [1.807, 2.05) is 58.0 Å². The quantitative estimate of drug-likeness (QED) is 0.326. The molecule has 2 aromatic carbocycles. The van der Waals surface area contributed by atoms with Crippen LogP contribution in [0.2, 0.25) is 0 Å². The van der Waals surface area contributed by atoms with Crippen molar-refractivity contribution in [2.45, 2.75) is 38.9 Å². The van der Waals surface area contributed by atoms with E-state index in [9.17, 15) is 9.59 Å². The van der Waals surface area contributed by atoms with Gasteiger partial charge in [-0.3, -0.25) is 14.2 Å². The molecule has 0 fully saturated rings. The Kier molecular flexibility index (Phi) is 6.55. The Morgan fingerprint density at radius 2 is 1.83 bits per heavy atom. The number of fused-ring (bicyclic) bond motifs is 1. The molecule has 0 bridgehead atoms. The molecule has 0 radical (unpaired) electrons. The minimum Gasteiger partial charge on any atom is -0.383 e. The Hall–Kier alpha value is -2.44. The highest BCUT2D eigenvalue weighted by molar-refractivity contribution is 7.99. The van der Waals surface area contributed by atoms with Gasteiger partial charge in [-0.1, -0.05) is 30.0 Å². The molecule has 3 rings (SSSR count). The third kappa shape index (κ3) is 4.43. The van der Waals surface area contributed by atoms with Gasteiger partial charge in [-0.2, -0.15) is 0 Å². The minimum absolute atomic E-state index is 0.0314. The van der Waals surface area contributed by atoms with E-state index in [-0.39, 0.29) is 23.1 Å². The number of carbonyl (C=O) groups excluding carboxylic acids is 1. The third-order valence-corrected chi connectivity index (χ3v) is 6.05. The molecule has 152 valence electrons. The van der Waals surface area contributed by atoms with Gasteiger partial charge in [0.1, 0.15) is 0 Å². The van der Waals surface area contributed by atoms with Gasteiger partial charge in [0.15, 0.2) is 10.9 Å². The SMILES string of the molecule is COC[C@H](C)n1c(SCC(=O)c2cc(C)c(C)cc2C)nc2ccccc2c1=O. The molecule has 0 aliphatic rings. The van der Waals surface area contributed by atoms with Crippen LogP contribution in [-0.4, -0.2) is 34.8 Å². The number of methoxy groups -OCH3 is 1. The smallest absolute Gasteiger partial charge is 0.262 e. The number of hydrogen-bond acceptors (Lipinski definition) is 5. The van der Waals surface area contributed by atoms with Crippen molar-refractivity contribution in [2.75, 3.05) is 19.5 Å². The Balaban J connectivity index is 1.97. The molecule has 1 atom stereocenters. The molecule has 0 amide bonds. The van der Waals surface area contributed by atoms with Crippen LogP contribution in [0.3, 0.4) is 0 Å². The number of ether oxygens (including phenoxy) is 1. The second-order valence-electron chi connectivity index (χ2n) is 7.35. The second-order valence-corrected chi connectivity index (χ2v) is 8.30. The predicted molar refractivity (Wildman–Crippen MR) is 118 cm³/mol. The highest BCUT2D eigenvalue weighted by Crippen LogP contribution is 2.24. The van der Waals surface area contributed by atoms with Crippen LogP contribution in [0, 0.1) is 20.8 Å². The Bertz CT molecular complexity index is 1120. The fourth-order valence-corrected chi connectivity index (χ4v) is 4.38. The van der Waals surface area contributed by atoms with Gasteiger partial charge in [0.25, 0.3) is 5.56 Å². The van der Waals surface area contributed by atoms with Crippen molar-refractivity contribution < 1.29 is 9.53 Å². The van der Waals surface area contributed by atoms with Crippen molar-refractivity contribution in [2.24, 2.45) is 0 Å². The third-order valence-electron chi connectivity index (χ3n) is 5.10. The highest BCUT2D eigenvalue weighted by atomic mass is 32.2. The summed E-state index contributed by atoms with van der Waals surface area (Å²) in [6, 6.07) is 11.1. The molecule has 3 aromatic rings. The lowest BCUT2D eigenvalue weighted by molar-refractivity contribution is 0.102. The van der Waals surface area contributed by atoms with Crippen LogP contribution in [0.1, 0.15) is 40.0 Å². The summed E-state index contributed by atoms with van der Waals surface area (Å²) < 4.78 is 6.89. The Labute approximate surface area is 175 Å². The Morgan fingerprint density at radius 1 is 1.14 bits per heavy atom. The summed E-state index contributed by atoms with van der Waals surface area (Å²) in [7, 11) is 1.61. The first kappa shape index (κ1) is 21.3. The number of rotatable bonds is 7. The summed E-state index contributed by atoms with van der Waals surface area (Å²) in [5.41, 5.74) is 4.48. The normalized spacial score (nSPS) is 12.3. The number of ketones is 1. The number of para-hydroxylation sites is 1. The zero-order chi connectivity index (χ0) is 21.1. The van der Waals surface area contributed by atoms with Crippen molar-refractivity contribution >= 4 is 28.4 Å². The molecule has 29 heavy (non-hydrogen) atoms. The largest absolute Gasteiger partial charge is 0.383 e. The fourth-order valence-electron chi connectivity index (χ4n) is 3.40. The summed E-state index contributed by atoms with van der Waals surface area (Å²) in [5, 5.41) is 1.10. The molecule has 0 saturated carbocycles. The molecule has 0 N–H and O–H groups in total. The van der Waals surface area contributed by atoms with E-state index >= 15 is 0 Å². The first-order valence-electron chi connectivity index (χ1n) is 9.57. The molecule has 1 aromatic heterocycles. The number of aryl methyl sites for hydroxylation is 3. The van der Waals surface area contributed by atoms with Crippen molar-refractivity contribution in [1.29, 1.82) is 0 Å². The maximum absolute atomic E-state index is 13.1. The number of benzene rings is 2. The molecule has 0 aliphatic heterocycles. The van der Waals surface area contributed by atoms with Crippen LogP contribution in [0.25, 0.3) is 10.9 Å². The fraction of sp³-hybridized carbons (Fsp3) is 0.348.